The lowest BCUT2D eigenvalue weighted by Gasteiger charge is -2.42. The fourth-order valence-electron chi connectivity index (χ4n) is 3.27. The monoisotopic (exact) mass is 295 g/mol. The van der Waals surface area contributed by atoms with E-state index in [4.69, 9.17) is 4.74 Å². The number of hydrogen-bond donors (Lipinski definition) is 0. The zero-order chi connectivity index (χ0) is 15.6. The summed E-state index contributed by atoms with van der Waals surface area (Å²) in [5, 5.41) is 0. The number of carbonyl (C=O) groups is 1. The van der Waals surface area contributed by atoms with Crippen LogP contribution in [0.25, 0.3) is 0 Å². The first-order valence-corrected chi connectivity index (χ1v) is 7.62. The Balaban J connectivity index is 2.00. The van der Waals surface area contributed by atoms with Gasteiger partial charge in [-0.1, -0.05) is 54.6 Å². The van der Waals surface area contributed by atoms with E-state index in [1.165, 1.54) is 18.2 Å². The highest BCUT2D eigenvalue weighted by molar-refractivity contribution is 5.82. The summed E-state index contributed by atoms with van der Waals surface area (Å²) in [5.41, 5.74) is 2.88. The molecule has 0 spiro atoms. The molecule has 0 aromatic heterocycles. The highest BCUT2D eigenvalue weighted by Crippen LogP contribution is 2.34. The zero-order valence-electron chi connectivity index (χ0n) is 13.1. The molecule has 3 heteroatoms. The summed E-state index contributed by atoms with van der Waals surface area (Å²) in [6, 6.07) is 18.3. The van der Waals surface area contributed by atoms with Crippen molar-refractivity contribution in [1.29, 1.82) is 0 Å². The van der Waals surface area contributed by atoms with Crippen LogP contribution in [0.2, 0.25) is 0 Å². The number of rotatable bonds is 3. The van der Waals surface area contributed by atoms with Gasteiger partial charge in [0.15, 0.2) is 0 Å². The van der Waals surface area contributed by atoms with Crippen molar-refractivity contribution in [3.05, 3.63) is 71.3 Å². The number of methoxy groups -OCH3 is 1. The predicted octanol–water partition coefficient (Wildman–Crippen LogP) is 3.13. The van der Waals surface area contributed by atoms with E-state index < -0.39 is 5.54 Å². The Morgan fingerprint density at radius 2 is 1.68 bits per heavy atom. The standard InChI is InChI=1S/C19H21NO2/c1-19(18(21)22-2,17-10-4-3-5-11-17)20-13-12-15-8-6-7-9-16(15)14-20/h3-11H,12-14H2,1-2H3/t19-/m0/s1. The van der Waals surface area contributed by atoms with Crippen molar-refractivity contribution < 1.29 is 9.53 Å². The summed E-state index contributed by atoms with van der Waals surface area (Å²) < 4.78 is 5.13. The van der Waals surface area contributed by atoms with Gasteiger partial charge < -0.3 is 4.74 Å². The third kappa shape index (κ3) is 2.42. The lowest BCUT2D eigenvalue weighted by Crippen LogP contribution is -2.52. The highest BCUT2D eigenvalue weighted by atomic mass is 16.5. The minimum atomic E-state index is -0.760. The van der Waals surface area contributed by atoms with Gasteiger partial charge >= 0.3 is 5.97 Å². The molecule has 1 heterocycles. The molecule has 0 fully saturated rings. The molecule has 3 rings (SSSR count). The Morgan fingerprint density at radius 1 is 1.05 bits per heavy atom. The summed E-state index contributed by atoms with van der Waals surface area (Å²) in [6.45, 7) is 3.57. The van der Waals surface area contributed by atoms with Gasteiger partial charge in [-0.05, 0) is 30.0 Å². The second kappa shape index (κ2) is 5.93. The summed E-state index contributed by atoms with van der Waals surface area (Å²) in [4.78, 5) is 14.8. The maximum absolute atomic E-state index is 12.6. The van der Waals surface area contributed by atoms with E-state index in [9.17, 15) is 4.79 Å². The molecule has 1 aliphatic heterocycles. The van der Waals surface area contributed by atoms with Crippen LogP contribution in [0.4, 0.5) is 0 Å². The molecule has 0 aliphatic carbocycles. The van der Waals surface area contributed by atoms with Gasteiger partial charge in [0.25, 0.3) is 0 Å². The third-order valence-electron chi connectivity index (χ3n) is 4.68. The van der Waals surface area contributed by atoms with Gasteiger partial charge in [-0.2, -0.15) is 0 Å². The van der Waals surface area contributed by atoms with Crippen molar-refractivity contribution in [3.63, 3.8) is 0 Å². The number of esters is 1. The number of fused-ring (bicyclic) bond motifs is 1. The first-order valence-electron chi connectivity index (χ1n) is 7.62. The van der Waals surface area contributed by atoms with Gasteiger partial charge in [0, 0.05) is 13.1 Å². The van der Waals surface area contributed by atoms with E-state index in [1.54, 1.807) is 0 Å². The predicted molar refractivity (Wildman–Crippen MR) is 86.4 cm³/mol. The SMILES string of the molecule is COC(=O)[C@](C)(c1ccccc1)N1CCc2ccccc2C1. The average molecular weight is 295 g/mol. The fourth-order valence-corrected chi connectivity index (χ4v) is 3.27. The van der Waals surface area contributed by atoms with Crippen LogP contribution >= 0.6 is 0 Å². The Labute approximate surface area is 131 Å². The fraction of sp³-hybridized carbons (Fsp3) is 0.316. The quantitative estimate of drug-likeness (QED) is 0.815. The topological polar surface area (TPSA) is 29.5 Å². The van der Waals surface area contributed by atoms with Gasteiger partial charge in [-0.3, -0.25) is 4.90 Å². The minimum absolute atomic E-state index is 0.210. The molecule has 2 aromatic rings. The largest absolute Gasteiger partial charge is 0.467 e. The lowest BCUT2D eigenvalue weighted by atomic mass is 9.87. The van der Waals surface area contributed by atoms with Crippen LogP contribution in [-0.2, 0) is 28.0 Å². The number of ether oxygens (including phenoxy) is 1. The van der Waals surface area contributed by atoms with Gasteiger partial charge in [-0.25, -0.2) is 4.79 Å². The van der Waals surface area contributed by atoms with Crippen LogP contribution in [0.3, 0.4) is 0 Å². The van der Waals surface area contributed by atoms with Gasteiger partial charge in [0.05, 0.1) is 7.11 Å². The summed E-state index contributed by atoms with van der Waals surface area (Å²) in [6.07, 6.45) is 0.954. The molecule has 114 valence electrons. The maximum Gasteiger partial charge on any atom is 0.330 e. The smallest absolute Gasteiger partial charge is 0.330 e. The van der Waals surface area contributed by atoms with E-state index in [0.29, 0.717) is 0 Å². The molecular weight excluding hydrogens is 274 g/mol. The van der Waals surface area contributed by atoms with Crippen molar-refractivity contribution in [3.8, 4) is 0 Å². The van der Waals surface area contributed by atoms with Crippen molar-refractivity contribution in [1.82, 2.24) is 4.90 Å². The highest BCUT2D eigenvalue weighted by Gasteiger charge is 2.43. The van der Waals surface area contributed by atoms with Crippen LogP contribution in [0.15, 0.2) is 54.6 Å². The van der Waals surface area contributed by atoms with E-state index in [0.717, 1.165) is 25.1 Å². The van der Waals surface area contributed by atoms with E-state index >= 15 is 0 Å². The Morgan fingerprint density at radius 3 is 2.36 bits per heavy atom. The van der Waals surface area contributed by atoms with Gasteiger partial charge in [-0.15, -0.1) is 0 Å². The zero-order valence-corrected chi connectivity index (χ0v) is 13.1. The molecule has 0 bridgehead atoms. The second-order valence-electron chi connectivity index (χ2n) is 5.87. The lowest BCUT2D eigenvalue weighted by molar-refractivity contribution is -0.156. The molecule has 3 nitrogen and oxygen atoms in total. The molecule has 22 heavy (non-hydrogen) atoms. The van der Waals surface area contributed by atoms with Gasteiger partial charge in [0.2, 0.25) is 0 Å². The summed E-state index contributed by atoms with van der Waals surface area (Å²) in [5.74, 6) is -0.210. The van der Waals surface area contributed by atoms with Crippen LogP contribution < -0.4 is 0 Å². The summed E-state index contributed by atoms with van der Waals surface area (Å²) in [7, 11) is 1.46. The molecule has 1 aliphatic rings. The van der Waals surface area contributed by atoms with Crippen molar-refractivity contribution >= 4 is 5.97 Å². The van der Waals surface area contributed by atoms with Crippen LogP contribution in [0.1, 0.15) is 23.6 Å². The van der Waals surface area contributed by atoms with Crippen molar-refractivity contribution in [2.24, 2.45) is 0 Å². The van der Waals surface area contributed by atoms with Gasteiger partial charge in [0.1, 0.15) is 5.54 Å². The molecule has 0 radical (unpaired) electrons. The molecule has 0 saturated heterocycles. The number of hydrogen-bond acceptors (Lipinski definition) is 3. The van der Waals surface area contributed by atoms with E-state index in [2.05, 4.69) is 29.2 Å². The first-order chi connectivity index (χ1) is 10.7. The van der Waals surface area contributed by atoms with E-state index in [-0.39, 0.29) is 5.97 Å². The molecule has 0 unspecified atom stereocenters. The minimum Gasteiger partial charge on any atom is -0.467 e. The number of benzene rings is 2. The number of nitrogens with zero attached hydrogens (tertiary/aromatic N) is 1. The van der Waals surface area contributed by atoms with Crippen LogP contribution in [0.5, 0.6) is 0 Å². The van der Waals surface area contributed by atoms with Crippen LogP contribution in [0, 0.1) is 0 Å². The third-order valence-corrected chi connectivity index (χ3v) is 4.68. The van der Waals surface area contributed by atoms with E-state index in [1.807, 2.05) is 37.3 Å². The Bertz CT molecular complexity index is 668. The van der Waals surface area contributed by atoms with Crippen molar-refractivity contribution in [2.75, 3.05) is 13.7 Å². The normalized spacial score (nSPS) is 17.4. The Kier molecular flexibility index (Phi) is 3.99. The average Bonchev–Trinajstić information content (AvgIpc) is 2.60. The summed E-state index contributed by atoms with van der Waals surface area (Å²) >= 11 is 0. The second-order valence-corrected chi connectivity index (χ2v) is 5.87. The van der Waals surface area contributed by atoms with Crippen LogP contribution in [-0.4, -0.2) is 24.5 Å². The molecule has 2 aromatic carbocycles. The maximum atomic E-state index is 12.6. The number of carbonyl (C=O) groups excluding carboxylic acids is 1. The molecule has 0 amide bonds. The Hall–Kier alpha value is -2.13. The molecule has 0 saturated carbocycles. The molecule has 1 atom stereocenters. The molecule has 0 N–H and O–H groups in total. The first kappa shape index (κ1) is 14.8. The molecular formula is C19H21NO2. The van der Waals surface area contributed by atoms with Crippen molar-refractivity contribution in [2.45, 2.75) is 25.4 Å².